The van der Waals surface area contributed by atoms with Gasteiger partial charge in [-0.2, -0.15) is 10.5 Å². The number of nitriles is 2. The molecular weight excluding hydrogens is 586 g/mol. The quantitative estimate of drug-likeness (QED) is 0.162. The monoisotopic (exact) mass is 616 g/mol. The van der Waals surface area contributed by atoms with Crippen LogP contribution in [-0.2, 0) is 36.5 Å². The van der Waals surface area contributed by atoms with Gasteiger partial charge in [0, 0.05) is 12.1 Å². The topological polar surface area (TPSA) is 47.6 Å². The van der Waals surface area contributed by atoms with Crippen molar-refractivity contribution in [2.24, 2.45) is 0 Å². The lowest BCUT2D eigenvalue weighted by Crippen LogP contribution is -2.26. The second-order valence-corrected chi connectivity index (χ2v) is 19.6. The number of benzene rings is 5. The van der Waals surface area contributed by atoms with Crippen molar-refractivity contribution in [3.63, 3.8) is 0 Å². The minimum Gasteiger partial charge on any atom is -0.198 e. The van der Waals surface area contributed by atoms with Gasteiger partial charge in [-0.15, -0.1) is 0 Å². The second-order valence-electron chi connectivity index (χ2n) is 10.2. The summed E-state index contributed by atoms with van der Waals surface area (Å²) in [5.74, 6) is 0. The van der Waals surface area contributed by atoms with Crippen LogP contribution in [0.1, 0.15) is 11.1 Å². The molecule has 0 aliphatic carbocycles. The Labute approximate surface area is 259 Å². The van der Waals surface area contributed by atoms with Gasteiger partial charge >= 0.3 is 0 Å². The van der Waals surface area contributed by atoms with Crippen LogP contribution in [0.15, 0.2) is 146 Å². The first-order valence-electron chi connectivity index (χ1n) is 13.8. The van der Waals surface area contributed by atoms with Crippen molar-refractivity contribution in [2.75, 3.05) is 0 Å². The van der Waals surface area contributed by atoms with Crippen LogP contribution in [0.4, 0.5) is 0 Å². The number of hydrogen-bond acceptors (Lipinski definition) is 4. The highest BCUT2D eigenvalue weighted by atomic mass is 32.4. The van der Waals surface area contributed by atoms with E-state index in [0.717, 1.165) is 32.3 Å². The molecule has 5 aromatic carbocycles. The van der Waals surface area contributed by atoms with Gasteiger partial charge in [0.2, 0.25) is 0 Å². The summed E-state index contributed by atoms with van der Waals surface area (Å²) in [4.78, 5) is 0. The highest BCUT2D eigenvalue weighted by molar-refractivity contribution is 8.22. The molecule has 0 saturated heterocycles. The molecule has 0 amide bonds. The van der Waals surface area contributed by atoms with E-state index in [1.54, 1.807) is 0 Å². The smallest absolute Gasteiger partial charge is 0.0869 e. The van der Waals surface area contributed by atoms with Gasteiger partial charge in [-0.25, -0.2) is 0 Å². The molecule has 42 heavy (non-hydrogen) atoms. The predicted molar refractivity (Wildman–Crippen MR) is 186 cm³/mol. The molecule has 6 heteroatoms. The van der Waals surface area contributed by atoms with Gasteiger partial charge in [-0.3, -0.25) is 0 Å². The van der Waals surface area contributed by atoms with Crippen LogP contribution in [0, 0.1) is 22.7 Å². The Morgan fingerprint density at radius 1 is 0.429 bits per heavy atom. The largest absolute Gasteiger partial charge is 0.198 e. The van der Waals surface area contributed by atoms with Gasteiger partial charge in [-0.05, 0) is 45.2 Å². The Balaban J connectivity index is 1.43. The molecule has 2 unspecified atom stereocenters. The molecule has 5 rings (SSSR count). The summed E-state index contributed by atoms with van der Waals surface area (Å²) in [6.45, 7) is 0. The van der Waals surface area contributed by atoms with Crippen LogP contribution < -0.4 is 21.2 Å². The van der Waals surface area contributed by atoms with E-state index < -0.39 is 12.1 Å². The van der Waals surface area contributed by atoms with Gasteiger partial charge < -0.3 is 0 Å². The van der Waals surface area contributed by atoms with Gasteiger partial charge in [0.15, 0.2) is 0 Å². The zero-order valence-corrected chi connectivity index (χ0v) is 26.5. The predicted octanol–water partition coefficient (Wildman–Crippen LogP) is 6.82. The van der Waals surface area contributed by atoms with Gasteiger partial charge in [0.1, 0.15) is 0 Å². The van der Waals surface area contributed by atoms with Crippen molar-refractivity contribution in [3.8, 4) is 12.1 Å². The van der Waals surface area contributed by atoms with Crippen LogP contribution in [0.5, 0.6) is 0 Å². The fraction of sp³-hybridized carbons (Fsp3) is 0.111. The first kappa shape index (κ1) is 29.9. The summed E-state index contributed by atoms with van der Waals surface area (Å²) in [7, 11) is 0. The maximum Gasteiger partial charge on any atom is 0.0869 e. The van der Waals surface area contributed by atoms with Crippen LogP contribution in [0.3, 0.4) is 0 Å². The fourth-order valence-electron chi connectivity index (χ4n) is 5.38. The van der Waals surface area contributed by atoms with E-state index in [9.17, 15) is 10.5 Å². The minimum atomic E-state index is -2.41. The molecule has 5 aromatic rings. The molecule has 2 nitrogen and oxygen atoms in total. The van der Waals surface area contributed by atoms with Crippen molar-refractivity contribution in [1.29, 1.82) is 10.5 Å². The van der Waals surface area contributed by atoms with E-state index in [1.807, 2.05) is 72.8 Å². The van der Waals surface area contributed by atoms with Crippen molar-refractivity contribution in [3.05, 3.63) is 157 Å². The van der Waals surface area contributed by atoms with Gasteiger partial charge in [0.25, 0.3) is 0 Å². The average molecular weight is 617 g/mol. The maximum atomic E-state index is 10.4. The average Bonchev–Trinajstić information content (AvgIpc) is 3.07. The highest BCUT2D eigenvalue weighted by Crippen LogP contribution is 2.51. The summed E-state index contributed by atoms with van der Waals surface area (Å²) in [5, 5.41) is 25.1. The summed E-state index contributed by atoms with van der Waals surface area (Å²) < 4.78 is 0. The van der Waals surface area contributed by atoms with Crippen LogP contribution in [0.25, 0.3) is 0 Å². The third-order valence-corrected chi connectivity index (χ3v) is 18.3. The second kappa shape index (κ2) is 13.6. The molecule has 0 aliphatic heterocycles. The van der Waals surface area contributed by atoms with Crippen molar-refractivity contribution in [1.82, 2.24) is 0 Å². The third-order valence-electron chi connectivity index (χ3n) is 7.62. The van der Waals surface area contributed by atoms with Gasteiger partial charge in [-0.1, -0.05) is 169 Å². The molecule has 0 aliphatic rings. The zero-order chi connectivity index (χ0) is 29.4. The van der Waals surface area contributed by atoms with E-state index in [1.165, 1.54) is 0 Å². The first-order chi connectivity index (χ1) is 20.5. The van der Waals surface area contributed by atoms with E-state index in [-0.39, 0.29) is 11.3 Å². The SMILES string of the molecule is N#CC(Cc1ccc(CC(C#N)P(=S)(c2ccccc2)c2ccccc2)cc1)P(=S)(c1ccccc1)c1ccccc1. The lowest BCUT2D eigenvalue weighted by Gasteiger charge is -2.29. The van der Waals surface area contributed by atoms with Crippen LogP contribution in [-0.4, -0.2) is 11.3 Å². The van der Waals surface area contributed by atoms with E-state index in [4.69, 9.17) is 23.6 Å². The Morgan fingerprint density at radius 3 is 0.881 bits per heavy atom. The van der Waals surface area contributed by atoms with Crippen molar-refractivity contribution < 1.29 is 0 Å². The summed E-state index contributed by atoms with van der Waals surface area (Å²) in [5.41, 5.74) is 1.42. The van der Waals surface area contributed by atoms with Gasteiger partial charge in [0.05, 0.1) is 23.5 Å². The molecule has 206 valence electrons. The van der Waals surface area contributed by atoms with Crippen molar-refractivity contribution >= 4 is 56.9 Å². The first-order valence-corrected chi connectivity index (χ1v) is 19.5. The molecule has 0 aromatic heterocycles. The highest BCUT2D eigenvalue weighted by Gasteiger charge is 2.34. The molecule has 0 spiro atoms. The minimum absolute atomic E-state index is 0.350. The van der Waals surface area contributed by atoms with E-state index in [0.29, 0.717) is 12.8 Å². The molecule has 0 fully saturated rings. The zero-order valence-electron chi connectivity index (χ0n) is 23.0. The summed E-state index contributed by atoms with van der Waals surface area (Å²) >= 11 is 12.9. The lowest BCUT2D eigenvalue weighted by molar-refractivity contribution is 0.995. The van der Waals surface area contributed by atoms with Crippen LogP contribution in [0.2, 0.25) is 0 Å². The molecule has 0 heterocycles. The Morgan fingerprint density at radius 2 is 0.667 bits per heavy atom. The number of nitrogens with zero attached hydrogens (tertiary/aromatic N) is 2. The molecule has 0 bridgehead atoms. The number of rotatable bonds is 10. The molecule has 2 atom stereocenters. The Kier molecular flexibility index (Phi) is 9.65. The molecule has 0 radical (unpaired) electrons. The third kappa shape index (κ3) is 6.10. The Bertz CT molecular complexity index is 1570. The molecule has 0 N–H and O–H groups in total. The van der Waals surface area contributed by atoms with E-state index >= 15 is 0 Å². The molecular formula is C36H30N2P2S2. The summed E-state index contributed by atoms with van der Waals surface area (Å²) in [6, 6.07) is 49.1. The van der Waals surface area contributed by atoms with Crippen molar-refractivity contribution in [2.45, 2.75) is 24.2 Å². The van der Waals surface area contributed by atoms with E-state index in [2.05, 4.69) is 84.9 Å². The maximum absolute atomic E-state index is 10.4. The summed E-state index contributed by atoms with van der Waals surface area (Å²) in [6.07, 6.45) is 1.12. The lowest BCUT2D eigenvalue weighted by atomic mass is 10.0. The van der Waals surface area contributed by atoms with Crippen LogP contribution >= 0.6 is 12.1 Å². The number of hydrogen-bond donors (Lipinski definition) is 0. The fourth-order valence-corrected chi connectivity index (χ4v) is 13.3. The molecule has 0 saturated carbocycles. The Hall–Kier alpha value is -3.62. The normalized spacial score (nSPS) is 12.9. The standard InChI is InChI=1S/C36H30N2P2S2/c37-27-35(39(41,31-13-5-1-6-14-31)32-15-7-2-8-16-32)25-29-21-23-30(24-22-29)26-36(28-38)40(42,33-17-9-3-10-18-33)34-19-11-4-12-20-34/h1-24,35-36H,25-26H2.